The predicted molar refractivity (Wildman–Crippen MR) is 84.1 cm³/mol. The van der Waals surface area contributed by atoms with Gasteiger partial charge in [0.1, 0.15) is 5.76 Å². The van der Waals surface area contributed by atoms with Crippen LogP contribution < -0.4 is 0 Å². The van der Waals surface area contributed by atoms with E-state index in [4.69, 9.17) is 9.16 Å². The number of carbonyl (C=O) groups excluding carboxylic acids is 1. The van der Waals surface area contributed by atoms with Gasteiger partial charge in [-0.2, -0.15) is 0 Å². The SMILES string of the molecule is COC(=O)/C=C(\CCCCO[Si](C)(C)C(C)(C)C)OC. The predicted octanol–water partition coefficient (Wildman–Crippen LogP) is 3.88. The minimum atomic E-state index is -1.64. The maximum atomic E-state index is 11.1. The smallest absolute Gasteiger partial charge is 0.333 e. The molecule has 0 aliphatic rings. The van der Waals surface area contributed by atoms with Crippen LogP contribution >= 0.6 is 0 Å². The maximum absolute atomic E-state index is 11.1. The van der Waals surface area contributed by atoms with E-state index in [1.54, 1.807) is 7.11 Å². The summed E-state index contributed by atoms with van der Waals surface area (Å²) in [5.74, 6) is 0.281. The Balaban J connectivity index is 4.03. The zero-order valence-corrected chi connectivity index (χ0v) is 15.0. The van der Waals surface area contributed by atoms with Gasteiger partial charge in [0, 0.05) is 13.0 Å². The van der Waals surface area contributed by atoms with Crippen LogP contribution in [0.3, 0.4) is 0 Å². The van der Waals surface area contributed by atoms with Gasteiger partial charge in [-0.3, -0.25) is 0 Å². The van der Waals surface area contributed by atoms with Crippen molar-refractivity contribution in [2.45, 2.75) is 58.2 Å². The second kappa shape index (κ2) is 8.47. The molecular formula is C15H30O4Si. The Bertz CT molecular complexity index is 329. The summed E-state index contributed by atoms with van der Waals surface area (Å²) in [6.07, 6.45) is 4.03. The van der Waals surface area contributed by atoms with E-state index in [2.05, 4.69) is 38.6 Å². The second-order valence-corrected chi connectivity index (χ2v) is 11.2. The van der Waals surface area contributed by atoms with Crippen molar-refractivity contribution in [3.63, 3.8) is 0 Å². The molecule has 0 aromatic carbocycles. The Morgan fingerprint density at radius 3 is 2.15 bits per heavy atom. The highest BCUT2D eigenvalue weighted by molar-refractivity contribution is 6.74. The van der Waals surface area contributed by atoms with Crippen molar-refractivity contribution in [1.82, 2.24) is 0 Å². The van der Waals surface area contributed by atoms with Crippen LogP contribution in [0.2, 0.25) is 18.1 Å². The molecule has 0 bridgehead atoms. The molecular weight excluding hydrogens is 272 g/mol. The first kappa shape index (κ1) is 19.2. The fraction of sp³-hybridized carbons (Fsp3) is 0.800. The van der Waals surface area contributed by atoms with Gasteiger partial charge >= 0.3 is 5.97 Å². The third-order valence-corrected chi connectivity index (χ3v) is 8.37. The number of rotatable bonds is 8. The van der Waals surface area contributed by atoms with Crippen molar-refractivity contribution in [2.75, 3.05) is 20.8 Å². The van der Waals surface area contributed by atoms with Crippen LogP contribution in [0.5, 0.6) is 0 Å². The molecule has 0 saturated carbocycles. The molecule has 0 heterocycles. The van der Waals surface area contributed by atoms with E-state index in [0.29, 0.717) is 5.76 Å². The van der Waals surface area contributed by atoms with Crippen LogP contribution in [-0.2, 0) is 18.7 Å². The highest BCUT2D eigenvalue weighted by Gasteiger charge is 2.36. The van der Waals surface area contributed by atoms with Crippen LogP contribution in [-0.4, -0.2) is 35.1 Å². The number of hydrogen-bond donors (Lipinski definition) is 0. The first-order valence-electron chi connectivity index (χ1n) is 7.10. The molecule has 0 N–H and O–H groups in total. The molecule has 5 heteroatoms. The van der Waals surface area contributed by atoms with Crippen molar-refractivity contribution in [2.24, 2.45) is 0 Å². The quantitative estimate of drug-likeness (QED) is 0.224. The zero-order chi connectivity index (χ0) is 15.8. The molecule has 118 valence electrons. The molecule has 0 rings (SSSR count). The number of allylic oxidation sites excluding steroid dienone is 1. The van der Waals surface area contributed by atoms with Gasteiger partial charge in [0.2, 0.25) is 0 Å². The summed E-state index contributed by atoms with van der Waals surface area (Å²) in [5.41, 5.74) is 0. The molecule has 0 radical (unpaired) electrons. The van der Waals surface area contributed by atoms with Gasteiger partial charge in [-0.25, -0.2) is 4.79 Å². The first-order valence-corrected chi connectivity index (χ1v) is 10.0. The van der Waals surface area contributed by atoms with E-state index in [1.165, 1.54) is 13.2 Å². The number of esters is 1. The standard InChI is InChI=1S/C15H30O4Si/c1-15(2,3)20(6,7)19-11-9-8-10-13(17-4)12-14(16)18-5/h12H,8-11H2,1-7H3/b13-12+. The summed E-state index contributed by atoms with van der Waals surface area (Å²) < 4.78 is 15.8. The third-order valence-electron chi connectivity index (χ3n) is 3.83. The molecule has 0 aromatic rings. The highest BCUT2D eigenvalue weighted by Crippen LogP contribution is 2.36. The number of hydrogen-bond acceptors (Lipinski definition) is 4. The molecule has 0 aliphatic heterocycles. The number of ether oxygens (including phenoxy) is 2. The van der Waals surface area contributed by atoms with Gasteiger partial charge < -0.3 is 13.9 Å². The van der Waals surface area contributed by atoms with Crippen LogP contribution in [0.15, 0.2) is 11.8 Å². The Kier molecular flexibility index (Phi) is 8.12. The van der Waals surface area contributed by atoms with Gasteiger partial charge in [-0.1, -0.05) is 20.8 Å². The zero-order valence-electron chi connectivity index (χ0n) is 14.0. The Morgan fingerprint density at radius 2 is 1.70 bits per heavy atom. The van der Waals surface area contributed by atoms with Crippen molar-refractivity contribution >= 4 is 14.3 Å². The first-order chi connectivity index (χ1) is 9.14. The van der Waals surface area contributed by atoms with E-state index in [-0.39, 0.29) is 11.0 Å². The van der Waals surface area contributed by atoms with E-state index in [1.807, 2.05) is 0 Å². The fourth-order valence-electron chi connectivity index (χ4n) is 1.37. The molecule has 0 spiro atoms. The van der Waals surface area contributed by atoms with E-state index in [9.17, 15) is 4.79 Å². The molecule has 0 amide bonds. The molecule has 0 atom stereocenters. The maximum Gasteiger partial charge on any atom is 0.333 e. The summed E-state index contributed by atoms with van der Waals surface area (Å²) in [4.78, 5) is 11.1. The van der Waals surface area contributed by atoms with Crippen molar-refractivity contribution < 1.29 is 18.7 Å². The molecule has 0 aliphatic carbocycles. The largest absolute Gasteiger partial charge is 0.501 e. The van der Waals surface area contributed by atoms with Gasteiger partial charge in [-0.05, 0) is 31.0 Å². The lowest BCUT2D eigenvalue weighted by Gasteiger charge is -2.36. The molecule has 0 fully saturated rings. The summed E-state index contributed by atoms with van der Waals surface area (Å²) >= 11 is 0. The number of unbranched alkanes of at least 4 members (excludes halogenated alkanes) is 1. The monoisotopic (exact) mass is 302 g/mol. The lowest BCUT2D eigenvalue weighted by molar-refractivity contribution is -0.135. The summed E-state index contributed by atoms with van der Waals surface area (Å²) in [6.45, 7) is 12.0. The van der Waals surface area contributed by atoms with Crippen LogP contribution in [0, 0.1) is 0 Å². The second-order valence-electron chi connectivity index (χ2n) is 6.40. The van der Waals surface area contributed by atoms with Crippen LogP contribution in [0.4, 0.5) is 0 Å². The summed E-state index contributed by atoms with van der Waals surface area (Å²) in [5, 5.41) is 0.246. The fourth-order valence-corrected chi connectivity index (χ4v) is 2.46. The average Bonchev–Trinajstić information content (AvgIpc) is 2.35. The Labute approximate surface area is 124 Å². The van der Waals surface area contributed by atoms with E-state index in [0.717, 1.165) is 25.9 Å². The average molecular weight is 302 g/mol. The summed E-state index contributed by atoms with van der Waals surface area (Å²) in [7, 11) is 1.29. The van der Waals surface area contributed by atoms with Crippen LogP contribution in [0.25, 0.3) is 0 Å². The lowest BCUT2D eigenvalue weighted by Crippen LogP contribution is -2.40. The molecule has 0 aromatic heterocycles. The number of methoxy groups -OCH3 is 2. The molecule has 4 nitrogen and oxygen atoms in total. The molecule has 0 unspecified atom stereocenters. The van der Waals surface area contributed by atoms with Crippen molar-refractivity contribution in [3.05, 3.63) is 11.8 Å². The minimum absolute atomic E-state index is 0.246. The number of carbonyl (C=O) groups is 1. The third kappa shape index (κ3) is 7.10. The normalized spacial score (nSPS) is 13.2. The Morgan fingerprint density at radius 1 is 1.10 bits per heavy atom. The molecule has 0 saturated heterocycles. The molecule has 20 heavy (non-hydrogen) atoms. The van der Waals surface area contributed by atoms with Gasteiger partial charge in [0.25, 0.3) is 0 Å². The van der Waals surface area contributed by atoms with Gasteiger partial charge in [0.15, 0.2) is 8.32 Å². The lowest BCUT2D eigenvalue weighted by atomic mass is 10.2. The topological polar surface area (TPSA) is 44.8 Å². The minimum Gasteiger partial charge on any atom is -0.501 e. The van der Waals surface area contributed by atoms with Gasteiger partial charge in [-0.15, -0.1) is 0 Å². The Hall–Kier alpha value is -0.813. The van der Waals surface area contributed by atoms with Gasteiger partial charge in [0.05, 0.1) is 20.3 Å². The van der Waals surface area contributed by atoms with Crippen molar-refractivity contribution in [1.29, 1.82) is 0 Å². The van der Waals surface area contributed by atoms with E-state index >= 15 is 0 Å². The van der Waals surface area contributed by atoms with Crippen molar-refractivity contribution in [3.8, 4) is 0 Å². The van der Waals surface area contributed by atoms with E-state index < -0.39 is 8.32 Å². The summed E-state index contributed by atoms with van der Waals surface area (Å²) in [6, 6.07) is 0. The highest BCUT2D eigenvalue weighted by atomic mass is 28.4. The van der Waals surface area contributed by atoms with Crippen LogP contribution in [0.1, 0.15) is 40.0 Å².